The number of carboxylic acids is 2. The summed E-state index contributed by atoms with van der Waals surface area (Å²) in [5.41, 5.74) is -1.23. The average Bonchev–Trinajstić information content (AvgIpc) is 2.98. The molecule has 11 nitrogen and oxygen atoms in total. The van der Waals surface area contributed by atoms with Crippen LogP contribution in [0.5, 0.6) is 0 Å². The predicted molar refractivity (Wildman–Crippen MR) is 169 cm³/mol. The highest BCUT2D eigenvalue weighted by Crippen LogP contribution is 2.76. The van der Waals surface area contributed by atoms with E-state index >= 15 is 0 Å². The number of aliphatic carboxylic acids is 2. The summed E-state index contributed by atoms with van der Waals surface area (Å²) in [6, 6.07) is 0. The fourth-order valence-corrected chi connectivity index (χ4v) is 12.3. The highest BCUT2D eigenvalue weighted by Gasteiger charge is 2.71. The maximum Gasteiger partial charge on any atom is 0.335 e. The van der Waals surface area contributed by atoms with Gasteiger partial charge in [0.1, 0.15) is 18.3 Å². The molecule has 266 valence electrons. The number of rotatable bonds is 5. The highest BCUT2D eigenvalue weighted by atomic mass is 16.7. The molecule has 6 rings (SSSR count). The van der Waals surface area contributed by atoms with E-state index < -0.39 is 71.1 Å². The topological polar surface area (TPSA) is 194 Å². The Morgan fingerprint density at radius 3 is 2.15 bits per heavy atom. The Morgan fingerprint density at radius 1 is 0.872 bits per heavy atom. The van der Waals surface area contributed by atoms with Crippen LogP contribution in [-0.4, -0.2) is 97.2 Å². The molecule has 0 aromatic carbocycles. The third-order valence-corrected chi connectivity index (χ3v) is 15.2. The zero-order chi connectivity index (χ0) is 34.7. The lowest BCUT2D eigenvalue weighted by atomic mass is 9.33. The molecule has 6 aliphatic rings. The number of allylic oxidation sites excluding steroid dienone is 2. The molecule has 1 saturated heterocycles. The van der Waals surface area contributed by atoms with E-state index in [1.807, 2.05) is 6.92 Å². The van der Waals surface area contributed by atoms with Gasteiger partial charge in [0.2, 0.25) is 0 Å². The van der Waals surface area contributed by atoms with Gasteiger partial charge in [-0.1, -0.05) is 53.2 Å². The first-order chi connectivity index (χ1) is 21.7. The van der Waals surface area contributed by atoms with Crippen LogP contribution < -0.4 is 0 Å². The van der Waals surface area contributed by atoms with Crippen LogP contribution in [0.2, 0.25) is 0 Å². The Balaban J connectivity index is 1.34. The van der Waals surface area contributed by atoms with E-state index in [0.717, 1.165) is 38.5 Å². The van der Waals surface area contributed by atoms with Crippen molar-refractivity contribution < 1.29 is 54.8 Å². The van der Waals surface area contributed by atoms with Crippen LogP contribution in [0.25, 0.3) is 0 Å². The predicted octanol–water partition coefficient (Wildman–Crippen LogP) is 3.09. The summed E-state index contributed by atoms with van der Waals surface area (Å²) in [5.74, 6) is -2.21. The van der Waals surface area contributed by atoms with Crippen LogP contribution in [0, 0.1) is 50.2 Å². The number of hydrogen-bond acceptors (Lipinski definition) is 9. The number of aliphatic hydroxyl groups is 5. The maximum atomic E-state index is 13.0. The second kappa shape index (κ2) is 11.2. The molecule has 5 fully saturated rings. The molecule has 11 heteroatoms. The number of ether oxygens (including phenoxy) is 2. The lowest BCUT2D eigenvalue weighted by Crippen LogP contribution is -2.69. The van der Waals surface area contributed by atoms with Crippen molar-refractivity contribution >= 4 is 11.9 Å². The van der Waals surface area contributed by atoms with Crippen LogP contribution in [-0.2, 0) is 19.1 Å². The minimum absolute atomic E-state index is 0.0198. The van der Waals surface area contributed by atoms with Crippen molar-refractivity contribution in [2.75, 3.05) is 6.61 Å². The zero-order valence-electron chi connectivity index (χ0n) is 28.7. The van der Waals surface area contributed by atoms with Crippen molar-refractivity contribution in [2.24, 2.45) is 50.2 Å². The second-order valence-electron chi connectivity index (χ2n) is 17.9. The van der Waals surface area contributed by atoms with E-state index in [1.165, 1.54) is 5.57 Å². The monoisotopic (exact) mass is 664 g/mol. The normalized spacial score (nSPS) is 53.8. The molecule has 7 N–H and O–H groups in total. The van der Waals surface area contributed by atoms with Gasteiger partial charge in [-0.05, 0) is 97.2 Å². The molecule has 0 amide bonds. The molecular formula is C36H56O11. The first-order valence-corrected chi connectivity index (χ1v) is 17.5. The molecular weight excluding hydrogens is 608 g/mol. The van der Waals surface area contributed by atoms with Crippen LogP contribution >= 0.6 is 0 Å². The van der Waals surface area contributed by atoms with Gasteiger partial charge in [-0.15, -0.1) is 0 Å². The fraction of sp³-hybridized carbons (Fsp3) is 0.889. The first-order valence-electron chi connectivity index (χ1n) is 17.5. The van der Waals surface area contributed by atoms with Gasteiger partial charge in [0.25, 0.3) is 0 Å². The van der Waals surface area contributed by atoms with Crippen LogP contribution in [0.15, 0.2) is 11.6 Å². The number of carboxylic acid groups (broad SMARTS) is 2. The van der Waals surface area contributed by atoms with Crippen LogP contribution in [0.3, 0.4) is 0 Å². The lowest BCUT2D eigenvalue weighted by Gasteiger charge is -2.71. The zero-order valence-corrected chi connectivity index (χ0v) is 28.7. The van der Waals surface area contributed by atoms with Crippen molar-refractivity contribution in [1.82, 2.24) is 0 Å². The summed E-state index contributed by atoms with van der Waals surface area (Å²) < 4.78 is 11.6. The minimum Gasteiger partial charge on any atom is -0.481 e. The second-order valence-corrected chi connectivity index (χ2v) is 17.9. The summed E-state index contributed by atoms with van der Waals surface area (Å²) >= 11 is 0. The summed E-state index contributed by atoms with van der Waals surface area (Å²) in [7, 11) is 0. The van der Waals surface area contributed by atoms with Crippen LogP contribution in [0.1, 0.15) is 99.3 Å². The van der Waals surface area contributed by atoms with Crippen molar-refractivity contribution in [3.05, 3.63) is 11.6 Å². The highest BCUT2D eigenvalue weighted by molar-refractivity contribution is 5.76. The van der Waals surface area contributed by atoms with Crippen molar-refractivity contribution in [2.45, 2.75) is 142 Å². The molecule has 1 aliphatic heterocycles. The molecule has 0 unspecified atom stereocenters. The average molecular weight is 665 g/mol. The standard InChI is InChI=1S/C36H56O11/c1-31(2)11-13-36(30(44)45)14-12-34(5)18(19(36)15-31)7-8-22-32(3)16-20(38)27(33(4,17-37)21(32)9-10-35(22,34)6)47-29-25(41)23(39)24(40)26(46-29)28(42)43/h7,19-27,29,37-41H,8-17H2,1-6H3,(H,42,43)(H,44,45)/t19-,20-,21+,22+,23-,24-,25+,26-,27-,29-,32-,33-,34+,35+,36-/m0/s1. The Morgan fingerprint density at radius 2 is 1.53 bits per heavy atom. The van der Waals surface area contributed by atoms with Crippen molar-refractivity contribution in [1.29, 1.82) is 0 Å². The Labute approximate surface area is 277 Å². The summed E-state index contributed by atoms with van der Waals surface area (Å²) in [4.78, 5) is 24.7. The van der Waals surface area contributed by atoms with Gasteiger partial charge >= 0.3 is 11.9 Å². The summed E-state index contributed by atoms with van der Waals surface area (Å²) in [6.45, 7) is 12.9. The summed E-state index contributed by atoms with van der Waals surface area (Å²) in [6.07, 6.45) is -2.24. The maximum absolute atomic E-state index is 13.0. The Hall–Kier alpha value is -1.60. The number of aliphatic hydroxyl groups excluding tert-OH is 5. The van der Waals surface area contributed by atoms with E-state index in [0.29, 0.717) is 19.3 Å². The molecule has 0 radical (unpaired) electrons. The first kappa shape index (κ1) is 35.2. The fourth-order valence-electron chi connectivity index (χ4n) is 12.3. The summed E-state index contributed by atoms with van der Waals surface area (Å²) in [5, 5.41) is 74.3. The molecule has 0 aromatic rings. The minimum atomic E-state index is -1.87. The van der Waals surface area contributed by atoms with Gasteiger partial charge in [0.05, 0.1) is 24.2 Å². The lowest BCUT2D eigenvalue weighted by molar-refractivity contribution is -0.340. The largest absolute Gasteiger partial charge is 0.481 e. The van der Waals surface area contributed by atoms with E-state index in [4.69, 9.17) is 9.47 Å². The molecule has 1 heterocycles. The molecule has 5 aliphatic carbocycles. The Kier molecular flexibility index (Phi) is 8.40. The molecule has 15 atom stereocenters. The van der Waals surface area contributed by atoms with Gasteiger partial charge < -0.3 is 45.2 Å². The smallest absolute Gasteiger partial charge is 0.335 e. The van der Waals surface area contributed by atoms with Gasteiger partial charge in [-0.25, -0.2) is 4.79 Å². The quantitative estimate of drug-likeness (QED) is 0.169. The van der Waals surface area contributed by atoms with E-state index in [9.17, 15) is 45.3 Å². The molecule has 0 aromatic heterocycles. The SMILES string of the molecule is CC1(C)CC[C@]2(C(=O)O)CC[C@]3(C)C(=CC[C@@H]4[C@@]5(C)C[C@H](O)[C@H](O[C@@H]6O[C@H](C(=O)O)[C@@H](O)[C@H](O)[C@H]6O)[C@@](C)(CO)[C@@H]5CC[C@]43C)[C@@H]2C1. The Bertz CT molecular complexity index is 1320. The van der Waals surface area contributed by atoms with E-state index in [2.05, 4.69) is 40.7 Å². The third-order valence-electron chi connectivity index (χ3n) is 15.2. The van der Waals surface area contributed by atoms with Gasteiger partial charge in [0, 0.05) is 5.41 Å². The van der Waals surface area contributed by atoms with Gasteiger partial charge in [-0.3, -0.25) is 4.79 Å². The molecule has 0 bridgehead atoms. The van der Waals surface area contributed by atoms with Gasteiger partial charge in [0.15, 0.2) is 12.4 Å². The van der Waals surface area contributed by atoms with E-state index in [1.54, 1.807) is 0 Å². The van der Waals surface area contributed by atoms with Gasteiger partial charge in [-0.2, -0.15) is 0 Å². The number of hydrogen-bond donors (Lipinski definition) is 7. The van der Waals surface area contributed by atoms with Crippen LogP contribution in [0.4, 0.5) is 0 Å². The van der Waals surface area contributed by atoms with E-state index in [-0.39, 0.29) is 40.6 Å². The molecule has 0 spiro atoms. The number of carbonyl (C=O) groups is 2. The van der Waals surface area contributed by atoms with Crippen molar-refractivity contribution in [3.8, 4) is 0 Å². The van der Waals surface area contributed by atoms with Crippen molar-refractivity contribution in [3.63, 3.8) is 0 Å². The number of fused-ring (bicyclic) bond motifs is 7. The third kappa shape index (κ3) is 4.77. The molecule has 47 heavy (non-hydrogen) atoms. The molecule has 4 saturated carbocycles.